The van der Waals surface area contributed by atoms with E-state index < -0.39 is 0 Å². The fraction of sp³-hybridized carbons (Fsp3) is 0.316. The molecule has 2 heterocycles. The number of carbonyl (C=O) groups is 1. The van der Waals surface area contributed by atoms with E-state index in [2.05, 4.69) is 22.0 Å². The summed E-state index contributed by atoms with van der Waals surface area (Å²) >= 11 is 0. The van der Waals surface area contributed by atoms with Crippen molar-refractivity contribution in [2.75, 3.05) is 31.1 Å². The number of rotatable bonds is 2. The quantitative estimate of drug-likeness (QED) is 0.590. The van der Waals surface area contributed by atoms with Crippen LogP contribution in [0.4, 0.5) is 5.82 Å². The molecule has 0 aliphatic carbocycles. The van der Waals surface area contributed by atoms with Crippen molar-refractivity contribution in [3.8, 4) is 6.07 Å². The molecule has 2 aromatic rings. The number of nitrogens with zero attached hydrogens (tertiary/aromatic N) is 4. The first-order valence-corrected chi connectivity index (χ1v) is 8.14. The van der Waals surface area contributed by atoms with E-state index in [0.717, 1.165) is 18.9 Å². The summed E-state index contributed by atoms with van der Waals surface area (Å²) < 4.78 is 0. The summed E-state index contributed by atoms with van der Waals surface area (Å²) in [4.78, 5) is 20.6. The maximum Gasteiger partial charge on any atom is 0.198 e. The Labute approximate surface area is 163 Å². The average molecular weight is 505 g/mol. The Morgan fingerprint density at radius 1 is 1.20 bits per heavy atom. The topological polar surface area (TPSA) is 60.2 Å². The van der Waals surface area contributed by atoms with Crippen LogP contribution in [0.2, 0.25) is 0 Å². The SMILES string of the molecule is CC.N#Cc1ccc(N2CCN(C(=O)c3c[c-]ccc3)CC2)nc1.[W]. The monoisotopic (exact) mass is 505 g/mol. The third-order valence-electron chi connectivity index (χ3n) is 3.72. The minimum Gasteiger partial charge on any atom is -0.353 e. The number of hydrogen-bond donors (Lipinski definition) is 0. The summed E-state index contributed by atoms with van der Waals surface area (Å²) in [5, 5.41) is 8.79. The zero-order chi connectivity index (χ0) is 17.4. The molecule has 3 rings (SSSR count). The van der Waals surface area contributed by atoms with Crippen LogP contribution in [0, 0.1) is 17.4 Å². The van der Waals surface area contributed by atoms with Gasteiger partial charge in [-0.3, -0.25) is 4.79 Å². The number of hydrogen-bond acceptors (Lipinski definition) is 4. The van der Waals surface area contributed by atoms with Gasteiger partial charge in [0.15, 0.2) is 5.91 Å². The molecule has 1 amide bonds. The van der Waals surface area contributed by atoms with Crippen molar-refractivity contribution < 1.29 is 25.9 Å². The van der Waals surface area contributed by atoms with Crippen LogP contribution in [0.1, 0.15) is 29.8 Å². The van der Waals surface area contributed by atoms with Crippen molar-refractivity contribution in [1.82, 2.24) is 9.88 Å². The molecule has 1 aromatic heterocycles. The molecule has 1 fully saturated rings. The predicted octanol–water partition coefficient (Wildman–Crippen LogP) is 2.74. The van der Waals surface area contributed by atoms with E-state index >= 15 is 0 Å². The van der Waals surface area contributed by atoms with E-state index in [1.807, 2.05) is 36.9 Å². The van der Waals surface area contributed by atoms with Gasteiger partial charge in [-0.05, 0) is 12.1 Å². The molecular weight excluding hydrogens is 484 g/mol. The van der Waals surface area contributed by atoms with Gasteiger partial charge in [-0.1, -0.05) is 19.4 Å². The molecule has 25 heavy (non-hydrogen) atoms. The van der Waals surface area contributed by atoms with Gasteiger partial charge in [0.1, 0.15) is 11.9 Å². The summed E-state index contributed by atoms with van der Waals surface area (Å²) in [6, 6.07) is 15.7. The van der Waals surface area contributed by atoms with Gasteiger partial charge in [0.25, 0.3) is 0 Å². The minimum absolute atomic E-state index is 0. The first kappa shape index (κ1) is 20.9. The molecule has 0 N–H and O–H groups in total. The van der Waals surface area contributed by atoms with E-state index in [9.17, 15) is 4.79 Å². The molecule has 6 heteroatoms. The van der Waals surface area contributed by atoms with Crippen LogP contribution < -0.4 is 4.90 Å². The van der Waals surface area contributed by atoms with Crippen molar-refractivity contribution in [2.24, 2.45) is 0 Å². The maximum atomic E-state index is 12.4. The first-order valence-electron chi connectivity index (χ1n) is 8.14. The third kappa shape index (κ3) is 5.40. The van der Waals surface area contributed by atoms with Gasteiger partial charge >= 0.3 is 0 Å². The average Bonchev–Trinajstić information content (AvgIpc) is 2.70. The molecule has 1 saturated heterocycles. The molecule has 1 aromatic carbocycles. The Morgan fingerprint density at radius 2 is 1.92 bits per heavy atom. The number of pyridine rings is 1. The summed E-state index contributed by atoms with van der Waals surface area (Å²) in [6.45, 7) is 6.80. The van der Waals surface area contributed by atoms with Crippen molar-refractivity contribution in [3.63, 3.8) is 0 Å². The molecule has 0 spiro atoms. The van der Waals surface area contributed by atoms with Gasteiger partial charge in [0.05, 0.1) is 5.56 Å². The van der Waals surface area contributed by atoms with Gasteiger partial charge in [0, 0.05) is 53.4 Å². The zero-order valence-electron chi connectivity index (χ0n) is 14.5. The molecule has 0 saturated carbocycles. The summed E-state index contributed by atoms with van der Waals surface area (Å²) in [5.74, 6) is 0.892. The first-order chi connectivity index (χ1) is 11.8. The zero-order valence-corrected chi connectivity index (χ0v) is 17.4. The van der Waals surface area contributed by atoms with Crippen molar-refractivity contribution >= 4 is 11.7 Å². The number of piperazine rings is 1. The third-order valence-corrected chi connectivity index (χ3v) is 3.72. The summed E-state index contributed by atoms with van der Waals surface area (Å²) in [7, 11) is 0. The largest absolute Gasteiger partial charge is 0.353 e. The van der Waals surface area contributed by atoms with Gasteiger partial charge in [-0.25, -0.2) is 4.98 Å². The predicted molar refractivity (Wildman–Crippen MR) is 93.7 cm³/mol. The van der Waals surface area contributed by atoms with Crippen molar-refractivity contribution in [3.05, 3.63) is 59.8 Å². The molecule has 0 bridgehead atoms. The second-order valence-electron chi connectivity index (χ2n) is 5.09. The standard InChI is InChI=1S/C17H15N4O.C2H6.W/c18-12-14-6-7-16(19-13-14)20-8-10-21(11-9-20)17(22)15-4-2-1-3-5-15;1-2;/h1-2,4-7,13H,8-11H2;1-2H3;/q-1;;. The van der Waals surface area contributed by atoms with Crippen LogP contribution in [0.3, 0.4) is 0 Å². The van der Waals surface area contributed by atoms with E-state index in [1.165, 1.54) is 0 Å². The Kier molecular flexibility index (Phi) is 8.87. The second kappa shape index (κ2) is 10.6. The Hall–Kier alpha value is -2.18. The van der Waals surface area contributed by atoms with Crippen LogP contribution >= 0.6 is 0 Å². The Balaban J connectivity index is 0.00000101. The molecule has 1 aliphatic heterocycles. The molecule has 0 atom stereocenters. The molecule has 5 nitrogen and oxygen atoms in total. The van der Waals surface area contributed by atoms with Crippen molar-refractivity contribution in [2.45, 2.75) is 13.8 Å². The van der Waals surface area contributed by atoms with E-state index in [0.29, 0.717) is 24.2 Å². The van der Waals surface area contributed by atoms with E-state index in [4.69, 9.17) is 5.26 Å². The molecule has 0 radical (unpaired) electrons. The van der Waals surface area contributed by atoms with E-state index in [-0.39, 0.29) is 27.0 Å². The normalized spacial score (nSPS) is 13.0. The second-order valence-corrected chi connectivity index (χ2v) is 5.09. The molecule has 1 aliphatic rings. The number of anilines is 1. The van der Waals surface area contributed by atoms with Crippen LogP contribution in [-0.2, 0) is 21.1 Å². The van der Waals surface area contributed by atoms with Crippen LogP contribution in [0.5, 0.6) is 0 Å². The summed E-state index contributed by atoms with van der Waals surface area (Å²) in [6.07, 6.45) is 1.58. The number of carbonyl (C=O) groups excluding carboxylic acids is 1. The number of amides is 1. The van der Waals surface area contributed by atoms with Gasteiger partial charge in [-0.2, -0.15) is 35.6 Å². The van der Waals surface area contributed by atoms with Gasteiger partial charge in [0.2, 0.25) is 0 Å². The van der Waals surface area contributed by atoms with Crippen LogP contribution in [0.15, 0.2) is 42.6 Å². The van der Waals surface area contributed by atoms with Crippen LogP contribution in [-0.4, -0.2) is 42.0 Å². The summed E-state index contributed by atoms with van der Waals surface area (Å²) in [5.41, 5.74) is 1.23. The fourth-order valence-corrected chi connectivity index (χ4v) is 2.49. The smallest absolute Gasteiger partial charge is 0.198 e. The van der Waals surface area contributed by atoms with Crippen LogP contribution in [0.25, 0.3) is 0 Å². The maximum absolute atomic E-state index is 12.4. The number of nitriles is 1. The fourth-order valence-electron chi connectivity index (χ4n) is 2.49. The van der Waals surface area contributed by atoms with Gasteiger partial charge < -0.3 is 9.80 Å². The number of benzene rings is 1. The van der Waals surface area contributed by atoms with E-state index in [1.54, 1.807) is 24.4 Å². The molecule has 0 unspecified atom stereocenters. The molecular formula is C19H21N4OW-. The Bertz CT molecular complexity index is 690. The Morgan fingerprint density at radius 3 is 2.44 bits per heavy atom. The minimum atomic E-state index is 0. The van der Waals surface area contributed by atoms with Gasteiger partial charge in [-0.15, -0.1) is 0 Å². The molecule has 130 valence electrons. The van der Waals surface area contributed by atoms with Crippen molar-refractivity contribution in [1.29, 1.82) is 5.26 Å². The number of aromatic nitrogens is 1.